The zero-order valence-corrected chi connectivity index (χ0v) is 16.3. The van der Waals surface area contributed by atoms with Crippen LogP contribution in [0.25, 0.3) is 0 Å². The van der Waals surface area contributed by atoms with Crippen molar-refractivity contribution in [1.82, 2.24) is 14.7 Å². The molecule has 0 amide bonds. The Kier molecular flexibility index (Phi) is 6.49. The molecular formula is C19H31N3O2S. The topological polar surface area (TPSA) is 47.0 Å². The molecule has 0 radical (unpaired) electrons. The second-order valence-corrected chi connectivity index (χ2v) is 8.83. The summed E-state index contributed by atoms with van der Waals surface area (Å²) >= 11 is 1.87. The zero-order chi connectivity index (χ0) is 17.8. The van der Waals surface area contributed by atoms with Crippen LogP contribution in [-0.4, -0.2) is 72.1 Å². The molecule has 25 heavy (non-hydrogen) atoms. The van der Waals surface area contributed by atoms with Crippen LogP contribution in [0.15, 0.2) is 11.4 Å². The van der Waals surface area contributed by atoms with E-state index in [0.29, 0.717) is 6.04 Å². The van der Waals surface area contributed by atoms with Crippen LogP contribution in [-0.2, 0) is 17.9 Å². The van der Waals surface area contributed by atoms with Gasteiger partial charge in [-0.05, 0) is 63.3 Å². The summed E-state index contributed by atoms with van der Waals surface area (Å²) in [5, 5.41) is 11.6. The van der Waals surface area contributed by atoms with E-state index < -0.39 is 5.97 Å². The number of rotatable bonds is 6. The normalized spacial score (nSPS) is 24.0. The number of piperidine rings is 2. The Balaban J connectivity index is 1.45. The highest BCUT2D eigenvalue weighted by Gasteiger charge is 2.31. The smallest absolute Gasteiger partial charge is 0.307 e. The Bertz CT molecular complexity index is 567. The van der Waals surface area contributed by atoms with E-state index in [-0.39, 0.29) is 5.92 Å². The standard InChI is InChI=1S/C19H31N3O2S/c1-20(2)11-15-10-18(25-14-15)13-21-8-5-17(6-9-21)22-7-3-4-16(12-22)19(23)24/h10,14,16-17H,3-9,11-13H2,1-2H3,(H,23,24). The van der Waals surface area contributed by atoms with E-state index in [1.807, 2.05) is 11.3 Å². The number of carbonyl (C=O) groups is 1. The van der Waals surface area contributed by atoms with Gasteiger partial charge in [-0.2, -0.15) is 0 Å². The minimum atomic E-state index is -0.617. The maximum atomic E-state index is 11.3. The van der Waals surface area contributed by atoms with Gasteiger partial charge in [0.05, 0.1) is 5.92 Å². The molecule has 1 N–H and O–H groups in total. The molecule has 0 spiro atoms. The average Bonchev–Trinajstić information content (AvgIpc) is 3.02. The summed E-state index contributed by atoms with van der Waals surface area (Å²) in [6, 6.07) is 2.92. The number of hydrogen-bond acceptors (Lipinski definition) is 5. The van der Waals surface area contributed by atoms with Crippen LogP contribution in [0.5, 0.6) is 0 Å². The van der Waals surface area contributed by atoms with Gasteiger partial charge in [-0.1, -0.05) is 0 Å². The third-order valence-corrected chi connectivity index (χ3v) is 6.43. The van der Waals surface area contributed by atoms with Gasteiger partial charge >= 0.3 is 5.97 Å². The Morgan fingerprint density at radius 3 is 2.72 bits per heavy atom. The molecule has 2 fully saturated rings. The summed E-state index contributed by atoms with van der Waals surface area (Å²) in [5.41, 5.74) is 1.41. The van der Waals surface area contributed by atoms with Crippen molar-refractivity contribution in [3.05, 3.63) is 21.9 Å². The molecule has 0 aromatic carbocycles. The molecule has 3 rings (SSSR count). The molecule has 140 valence electrons. The number of aliphatic carboxylic acids is 1. The van der Waals surface area contributed by atoms with E-state index in [1.165, 1.54) is 23.3 Å². The lowest BCUT2D eigenvalue weighted by Crippen LogP contribution is -2.49. The van der Waals surface area contributed by atoms with Crippen LogP contribution in [0.1, 0.15) is 36.1 Å². The van der Waals surface area contributed by atoms with Crippen LogP contribution in [0, 0.1) is 5.92 Å². The Labute approximate surface area is 155 Å². The highest BCUT2D eigenvalue weighted by molar-refractivity contribution is 7.10. The van der Waals surface area contributed by atoms with Gasteiger partial charge in [-0.15, -0.1) is 11.3 Å². The van der Waals surface area contributed by atoms with Crippen LogP contribution in [0.2, 0.25) is 0 Å². The molecule has 1 aromatic rings. The van der Waals surface area contributed by atoms with Gasteiger partial charge in [0.1, 0.15) is 0 Å². The second kappa shape index (κ2) is 8.62. The number of hydrogen-bond donors (Lipinski definition) is 1. The van der Waals surface area contributed by atoms with Gasteiger partial charge in [-0.25, -0.2) is 0 Å². The summed E-state index contributed by atoms with van der Waals surface area (Å²) in [6.07, 6.45) is 4.21. The Morgan fingerprint density at radius 2 is 2.04 bits per heavy atom. The quantitative estimate of drug-likeness (QED) is 0.840. The van der Waals surface area contributed by atoms with Gasteiger partial charge in [0.15, 0.2) is 0 Å². The minimum Gasteiger partial charge on any atom is -0.481 e. The van der Waals surface area contributed by atoms with E-state index in [1.54, 1.807) is 0 Å². The number of carboxylic acid groups (broad SMARTS) is 1. The monoisotopic (exact) mass is 365 g/mol. The second-order valence-electron chi connectivity index (χ2n) is 7.84. The Hall–Kier alpha value is -0.950. The highest BCUT2D eigenvalue weighted by Crippen LogP contribution is 2.25. The van der Waals surface area contributed by atoms with E-state index in [2.05, 4.69) is 40.2 Å². The molecule has 2 aliphatic heterocycles. The first-order chi connectivity index (χ1) is 12.0. The number of likely N-dealkylation sites (tertiary alicyclic amines) is 2. The number of nitrogens with zero attached hydrogens (tertiary/aromatic N) is 3. The molecule has 0 aliphatic carbocycles. The van der Waals surface area contributed by atoms with Gasteiger partial charge in [0.2, 0.25) is 0 Å². The molecule has 2 saturated heterocycles. The van der Waals surface area contributed by atoms with Crippen molar-refractivity contribution in [1.29, 1.82) is 0 Å². The van der Waals surface area contributed by atoms with Gasteiger partial charge in [0.25, 0.3) is 0 Å². The Morgan fingerprint density at radius 1 is 1.28 bits per heavy atom. The number of thiophene rings is 1. The van der Waals surface area contributed by atoms with Crippen molar-refractivity contribution in [3.8, 4) is 0 Å². The lowest BCUT2D eigenvalue weighted by Gasteiger charge is -2.41. The van der Waals surface area contributed by atoms with E-state index >= 15 is 0 Å². The third-order valence-electron chi connectivity index (χ3n) is 5.46. The third kappa shape index (κ3) is 5.26. The maximum Gasteiger partial charge on any atom is 0.307 e. The summed E-state index contributed by atoms with van der Waals surface area (Å²) in [5.74, 6) is -0.777. The summed E-state index contributed by atoms with van der Waals surface area (Å²) in [7, 11) is 4.22. The van der Waals surface area contributed by atoms with Crippen molar-refractivity contribution in [2.24, 2.45) is 5.92 Å². The van der Waals surface area contributed by atoms with Crippen molar-refractivity contribution >= 4 is 17.3 Å². The zero-order valence-electron chi connectivity index (χ0n) is 15.5. The molecule has 1 unspecified atom stereocenters. The molecule has 0 bridgehead atoms. The fourth-order valence-corrected chi connectivity index (χ4v) is 5.08. The molecular weight excluding hydrogens is 334 g/mol. The van der Waals surface area contributed by atoms with Gasteiger partial charge in [-0.3, -0.25) is 14.6 Å². The van der Waals surface area contributed by atoms with Crippen LogP contribution in [0.4, 0.5) is 0 Å². The van der Waals surface area contributed by atoms with E-state index in [0.717, 1.165) is 52.1 Å². The molecule has 1 atom stereocenters. The SMILES string of the molecule is CN(C)Cc1csc(CN2CCC(N3CCCC(C(=O)O)C3)CC2)c1. The van der Waals surface area contributed by atoms with Crippen LogP contribution < -0.4 is 0 Å². The fourth-order valence-electron chi connectivity index (χ4n) is 4.16. The molecule has 1 aromatic heterocycles. The molecule has 2 aliphatic rings. The maximum absolute atomic E-state index is 11.3. The minimum absolute atomic E-state index is 0.159. The predicted octanol–water partition coefficient (Wildman–Crippen LogP) is 2.57. The summed E-state index contributed by atoms with van der Waals surface area (Å²) < 4.78 is 0. The molecule has 0 saturated carbocycles. The van der Waals surface area contributed by atoms with Gasteiger partial charge < -0.3 is 10.0 Å². The molecule has 6 heteroatoms. The van der Waals surface area contributed by atoms with Crippen LogP contribution in [0.3, 0.4) is 0 Å². The molecule has 3 heterocycles. The first-order valence-corrected chi connectivity index (χ1v) is 10.3. The van der Waals surface area contributed by atoms with Crippen molar-refractivity contribution < 1.29 is 9.90 Å². The summed E-state index contributed by atoms with van der Waals surface area (Å²) in [6.45, 7) is 6.15. The first kappa shape index (κ1) is 18.8. The highest BCUT2D eigenvalue weighted by atomic mass is 32.1. The predicted molar refractivity (Wildman–Crippen MR) is 102 cm³/mol. The lowest BCUT2D eigenvalue weighted by atomic mass is 9.94. The first-order valence-electron chi connectivity index (χ1n) is 9.41. The van der Waals surface area contributed by atoms with Gasteiger partial charge in [0, 0.05) is 43.6 Å². The molecule has 5 nitrogen and oxygen atoms in total. The van der Waals surface area contributed by atoms with E-state index in [9.17, 15) is 9.90 Å². The average molecular weight is 366 g/mol. The number of carboxylic acids is 1. The van der Waals surface area contributed by atoms with E-state index in [4.69, 9.17) is 0 Å². The summed E-state index contributed by atoms with van der Waals surface area (Å²) in [4.78, 5) is 19.9. The van der Waals surface area contributed by atoms with Crippen molar-refractivity contribution in [2.75, 3.05) is 40.3 Å². The fraction of sp³-hybridized carbons (Fsp3) is 0.737. The largest absolute Gasteiger partial charge is 0.481 e. The lowest BCUT2D eigenvalue weighted by molar-refractivity contribution is -0.144. The van der Waals surface area contributed by atoms with Crippen LogP contribution >= 0.6 is 11.3 Å². The van der Waals surface area contributed by atoms with Crippen molar-refractivity contribution in [2.45, 2.75) is 44.8 Å². The van der Waals surface area contributed by atoms with Crippen molar-refractivity contribution in [3.63, 3.8) is 0 Å².